The Morgan fingerprint density at radius 2 is 1.88 bits per heavy atom. The van der Waals surface area contributed by atoms with Crippen molar-refractivity contribution in [3.8, 4) is 11.1 Å². The van der Waals surface area contributed by atoms with Gasteiger partial charge in [-0.15, -0.1) is 0 Å². The van der Waals surface area contributed by atoms with Crippen molar-refractivity contribution in [3.05, 3.63) is 41.7 Å². The molecule has 0 saturated carbocycles. The first-order valence-electron chi connectivity index (χ1n) is 7.46. The van der Waals surface area contributed by atoms with Crippen LogP contribution in [0.25, 0.3) is 33.3 Å². The predicted octanol–water partition coefficient (Wildman–Crippen LogP) is 2.01. The van der Waals surface area contributed by atoms with E-state index in [1.165, 1.54) is 0 Å². The number of carbonyl (C=O) groups is 1. The van der Waals surface area contributed by atoms with Crippen molar-refractivity contribution in [2.75, 3.05) is 11.5 Å². The summed E-state index contributed by atoms with van der Waals surface area (Å²) in [5.41, 5.74) is 22.2. The number of primary amides is 1. The molecule has 0 bridgehead atoms. The van der Waals surface area contributed by atoms with E-state index in [-0.39, 0.29) is 17.3 Å². The molecule has 0 radical (unpaired) electrons. The summed E-state index contributed by atoms with van der Waals surface area (Å²) in [4.78, 5) is 24.6. The predicted molar refractivity (Wildman–Crippen MR) is 94.6 cm³/mol. The topological polar surface area (TPSA) is 147 Å². The van der Waals surface area contributed by atoms with Gasteiger partial charge in [0.1, 0.15) is 5.52 Å². The van der Waals surface area contributed by atoms with Gasteiger partial charge in [0.25, 0.3) is 11.9 Å². The molecule has 6 N–H and O–H groups in total. The van der Waals surface area contributed by atoms with E-state index in [0.717, 1.165) is 11.1 Å². The summed E-state index contributed by atoms with van der Waals surface area (Å²) < 4.78 is 5.49. The molecular formula is C17H14N6O2. The summed E-state index contributed by atoms with van der Waals surface area (Å²) >= 11 is 0. The van der Waals surface area contributed by atoms with Crippen molar-refractivity contribution < 1.29 is 9.21 Å². The fourth-order valence-electron chi connectivity index (χ4n) is 3.01. The van der Waals surface area contributed by atoms with Gasteiger partial charge >= 0.3 is 0 Å². The van der Waals surface area contributed by atoms with Gasteiger partial charge < -0.3 is 21.6 Å². The Morgan fingerprint density at radius 3 is 2.64 bits per heavy atom. The van der Waals surface area contributed by atoms with Gasteiger partial charge in [-0.2, -0.15) is 4.98 Å². The molecule has 0 unspecified atom stereocenters. The average molecular weight is 334 g/mol. The highest BCUT2D eigenvalue weighted by atomic mass is 16.4. The number of amides is 1. The first-order valence-corrected chi connectivity index (χ1v) is 7.46. The van der Waals surface area contributed by atoms with Gasteiger partial charge in [-0.3, -0.25) is 14.8 Å². The molecule has 2 heterocycles. The standard InChI is InChI=1S/C17H14N6O2/c1-7-8(2-3-10-15(7)25-17(20)23-10)12-13(18)9(16(19)24)6-11-14(12)22-5-4-21-11/h2-6H,18H2,1H3,(H2,19,24)(H2,20,23). The molecule has 1 amide bonds. The van der Waals surface area contributed by atoms with E-state index in [1.54, 1.807) is 24.5 Å². The lowest BCUT2D eigenvalue weighted by Gasteiger charge is -2.14. The van der Waals surface area contributed by atoms with Crippen LogP contribution in [-0.4, -0.2) is 20.9 Å². The summed E-state index contributed by atoms with van der Waals surface area (Å²) in [6.07, 6.45) is 3.11. The molecular weight excluding hydrogens is 320 g/mol. The molecule has 0 aliphatic carbocycles. The minimum absolute atomic E-state index is 0.0822. The maximum absolute atomic E-state index is 11.8. The van der Waals surface area contributed by atoms with Crippen LogP contribution in [0.1, 0.15) is 15.9 Å². The van der Waals surface area contributed by atoms with Crippen molar-refractivity contribution in [3.63, 3.8) is 0 Å². The summed E-state index contributed by atoms with van der Waals surface area (Å²) in [7, 11) is 0. The second-order valence-corrected chi connectivity index (χ2v) is 5.64. The average Bonchev–Trinajstić information content (AvgIpc) is 2.97. The Labute approximate surface area is 141 Å². The highest BCUT2D eigenvalue weighted by molar-refractivity contribution is 6.10. The summed E-state index contributed by atoms with van der Waals surface area (Å²) in [6, 6.07) is 5.24. The molecule has 0 spiro atoms. The molecule has 4 rings (SSSR count). The zero-order valence-corrected chi connectivity index (χ0v) is 13.3. The molecule has 25 heavy (non-hydrogen) atoms. The van der Waals surface area contributed by atoms with Crippen LogP contribution in [-0.2, 0) is 0 Å². The van der Waals surface area contributed by atoms with E-state index >= 15 is 0 Å². The van der Waals surface area contributed by atoms with Crippen LogP contribution < -0.4 is 17.2 Å². The van der Waals surface area contributed by atoms with Crippen LogP contribution in [0.3, 0.4) is 0 Å². The van der Waals surface area contributed by atoms with Gasteiger partial charge in [-0.25, -0.2) is 0 Å². The molecule has 0 atom stereocenters. The monoisotopic (exact) mass is 334 g/mol. The normalized spacial score (nSPS) is 11.2. The molecule has 0 aliphatic heterocycles. The van der Waals surface area contributed by atoms with E-state index in [4.69, 9.17) is 21.6 Å². The molecule has 0 fully saturated rings. The first-order chi connectivity index (χ1) is 12.0. The highest BCUT2D eigenvalue weighted by Gasteiger charge is 2.20. The molecule has 124 valence electrons. The number of fused-ring (bicyclic) bond motifs is 2. The molecule has 2 aromatic carbocycles. The Bertz CT molecular complexity index is 1160. The highest BCUT2D eigenvalue weighted by Crippen LogP contribution is 2.38. The lowest BCUT2D eigenvalue weighted by molar-refractivity contribution is 0.100. The van der Waals surface area contributed by atoms with Crippen molar-refractivity contribution in [1.82, 2.24) is 15.0 Å². The quantitative estimate of drug-likeness (QED) is 0.475. The van der Waals surface area contributed by atoms with Gasteiger partial charge in [-0.1, -0.05) is 6.07 Å². The fraction of sp³-hybridized carbons (Fsp3) is 0.0588. The second-order valence-electron chi connectivity index (χ2n) is 5.64. The van der Waals surface area contributed by atoms with Gasteiger partial charge in [0.05, 0.1) is 22.3 Å². The number of aryl methyl sites for hydroxylation is 1. The first kappa shape index (κ1) is 14.9. The lowest BCUT2D eigenvalue weighted by atomic mass is 9.94. The Morgan fingerprint density at radius 1 is 1.12 bits per heavy atom. The summed E-state index contributed by atoms with van der Waals surface area (Å²) in [6.45, 7) is 1.86. The van der Waals surface area contributed by atoms with E-state index in [0.29, 0.717) is 27.7 Å². The summed E-state index contributed by atoms with van der Waals surface area (Å²) in [5, 5.41) is 0. The second kappa shape index (κ2) is 5.17. The maximum atomic E-state index is 11.8. The molecule has 4 aromatic rings. The Balaban J connectivity index is 2.15. The number of nitrogens with zero attached hydrogens (tertiary/aromatic N) is 3. The smallest absolute Gasteiger partial charge is 0.292 e. The molecule has 0 saturated heterocycles. The SMILES string of the molecule is Cc1c(-c2c(N)c(C(N)=O)cc3nccnc23)ccc2nc(N)oc12. The number of hydrogen-bond acceptors (Lipinski definition) is 7. The zero-order chi connectivity index (χ0) is 17.7. The molecule has 2 aromatic heterocycles. The van der Waals surface area contributed by atoms with Crippen molar-refractivity contribution >= 4 is 39.7 Å². The number of rotatable bonds is 2. The number of carbonyl (C=O) groups excluding carboxylic acids is 1. The lowest BCUT2D eigenvalue weighted by Crippen LogP contribution is -2.14. The Hall–Kier alpha value is -3.68. The third-order valence-corrected chi connectivity index (χ3v) is 4.16. The number of nitrogen functional groups attached to an aromatic ring is 2. The minimum atomic E-state index is -0.631. The molecule has 8 heteroatoms. The van der Waals surface area contributed by atoms with Crippen LogP contribution >= 0.6 is 0 Å². The van der Waals surface area contributed by atoms with Crippen LogP contribution in [0.15, 0.2) is 35.0 Å². The van der Waals surface area contributed by atoms with Crippen molar-refractivity contribution in [2.45, 2.75) is 6.92 Å². The number of benzene rings is 2. The summed E-state index contributed by atoms with van der Waals surface area (Å²) in [5.74, 6) is -0.631. The number of aromatic nitrogens is 3. The minimum Gasteiger partial charge on any atom is -0.423 e. The number of nitrogens with two attached hydrogens (primary N) is 3. The molecule has 0 aliphatic rings. The molecule has 8 nitrogen and oxygen atoms in total. The van der Waals surface area contributed by atoms with E-state index in [2.05, 4.69) is 15.0 Å². The van der Waals surface area contributed by atoms with Crippen LogP contribution in [0.2, 0.25) is 0 Å². The number of oxazole rings is 1. The maximum Gasteiger partial charge on any atom is 0.292 e. The zero-order valence-electron chi connectivity index (χ0n) is 13.3. The van der Waals surface area contributed by atoms with Gasteiger partial charge in [0.15, 0.2) is 5.58 Å². The van der Waals surface area contributed by atoms with E-state index in [9.17, 15) is 4.79 Å². The fourth-order valence-corrected chi connectivity index (χ4v) is 3.01. The van der Waals surface area contributed by atoms with Crippen molar-refractivity contribution in [2.24, 2.45) is 5.73 Å². The van der Waals surface area contributed by atoms with Gasteiger partial charge in [0, 0.05) is 23.5 Å². The van der Waals surface area contributed by atoms with Crippen LogP contribution in [0, 0.1) is 6.92 Å². The number of hydrogen-bond donors (Lipinski definition) is 3. The van der Waals surface area contributed by atoms with Gasteiger partial charge in [0.2, 0.25) is 0 Å². The van der Waals surface area contributed by atoms with Crippen molar-refractivity contribution in [1.29, 1.82) is 0 Å². The van der Waals surface area contributed by atoms with E-state index < -0.39 is 5.91 Å². The third-order valence-electron chi connectivity index (χ3n) is 4.16. The van der Waals surface area contributed by atoms with Crippen LogP contribution in [0.4, 0.5) is 11.7 Å². The van der Waals surface area contributed by atoms with Crippen LogP contribution in [0.5, 0.6) is 0 Å². The largest absolute Gasteiger partial charge is 0.423 e. The third kappa shape index (κ3) is 2.15. The Kier molecular flexibility index (Phi) is 3.08. The van der Waals surface area contributed by atoms with Gasteiger partial charge in [-0.05, 0) is 24.6 Å². The van der Waals surface area contributed by atoms with E-state index in [1.807, 2.05) is 13.0 Å². The number of anilines is 2.